The van der Waals surface area contributed by atoms with Gasteiger partial charge in [-0.2, -0.15) is 0 Å². The Labute approximate surface area is 178 Å². The summed E-state index contributed by atoms with van der Waals surface area (Å²) < 4.78 is 19.0. The maximum Gasteiger partial charge on any atom is 0.255 e. The van der Waals surface area contributed by atoms with Crippen molar-refractivity contribution in [2.24, 2.45) is 0 Å². The summed E-state index contributed by atoms with van der Waals surface area (Å²) in [7, 11) is 1.54. The summed E-state index contributed by atoms with van der Waals surface area (Å²) in [6.07, 6.45) is 0. The predicted molar refractivity (Wildman–Crippen MR) is 118 cm³/mol. The van der Waals surface area contributed by atoms with Gasteiger partial charge in [-0.1, -0.05) is 24.3 Å². The van der Waals surface area contributed by atoms with Crippen molar-refractivity contribution >= 4 is 35.0 Å². The van der Waals surface area contributed by atoms with Gasteiger partial charge in [0.25, 0.3) is 5.91 Å². The molecule has 2 N–H and O–H groups in total. The molecule has 0 saturated carbocycles. The van der Waals surface area contributed by atoms with E-state index in [1.807, 2.05) is 6.07 Å². The zero-order valence-corrected chi connectivity index (χ0v) is 17.3. The molecule has 3 rings (SSSR count). The van der Waals surface area contributed by atoms with Gasteiger partial charge >= 0.3 is 0 Å². The van der Waals surface area contributed by atoms with Gasteiger partial charge < -0.3 is 15.4 Å². The van der Waals surface area contributed by atoms with Gasteiger partial charge in [0.1, 0.15) is 11.6 Å². The zero-order valence-electron chi connectivity index (χ0n) is 16.5. The molecule has 0 heterocycles. The van der Waals surface area contributed by atoms with Gasteiger partial charge in [-0.15, -0.1) is 11.8 Å². The highest BCUT2D eigenvalue weighted by atomic mass is 32.2. The SMILES string of the molecule is COc1ccccc1NC(=O)c1ccc(NC(=O)C(C)Sc2ccccc2F)cc1. The fourth-order valence-corrected chi connectivity index (χ4v) is 3.56. The summed E-state index contributed by atoms with van der Waals surface area (Å²) in [5, 5.41) is 5.09. The normalized spacial score (nSPS) is 11.4. The quantitative estimate of drug-likeness (QED) is 0.511. The van der Waals surface area contributed by atoms with Gasteiger partial charge in [-0.25, -0.2) is 4.39 Å². The first-order valence-corrected chi connectivity index (χ1v) is 10.1. The number of hydrogen-bond donors (Lipinski definition) is 2. The number of hydrogen-bond acceptors (Lipinski definition) is 4. The maximum absolute atomic E-state index is 13.8. The first-order chi connectivity index (χ1) is 14.5. The van der Waals surface area contributed by atoms with E-state index in [0.29, 0.717) is 27.6 Å². The number of thioether (sulfide) groups is 1. The van der Waals surface area contributed by atoms with Crippen LogP contribution in [0.15, 0.2) is 77.7 Å². The Bertz CT molecular complexity index is 1040. The van der Waals surface area contributed by atoms with Crippen LogP contribution in [0.25, 0.3) is 0 Å². The Balaban J connectivity index is 1.60. The molecule has 5 nitrogen and oxygen atoms in total. The Hall–Kier alpha value is -3.32. The predicted octanol–water partition coefficient (Wildman–Crippen LogP) is 5.21. The highest BCUT2D eigenvalue weighted by Crippen LogP contribution is 2.27. The van der Waals surface area contributed by atoms with Crippen LogP contribution in [0.1, 0.15) is 17.3 Å². The van der Waals surface area contributed by atoms with E-state index >= 15 is 0 Å². The molecule has 0 fully saturated rings. The van der Waals surface area contributed by atoms with Crippen molar-refractivity contribution in [2.45, 2.75) is 17.1 Å². The smallest absolute Gasteiger partial charge is 0.255 e. The van der Waals surface area contributed by atoms with Crippen LogP contribution in [-0.4, -0.2) is 24.2 Å². The number of ether oxygens (including phenoxy) is 1. The third-order valence-electron chi connectivity index (χ3n) is 4.28. The number of nitrogens with one attached hydrogen (secondary N) is 2. The van der Waals surface area contributed by atoms with E-state index in [0.717, 1.165) is 11.8 Å². The second-order valence-electron chi connectivity index (χ2n) is 6.41. The lowest BCUT2D eigenvalue weighted by Gasteiger charge is -2.13. The lowest BCUT2D eigenvalue weighted by atomic mass is 10.2. The Morgan fingerprint density at radius 1 is 0.933 bits per heavy atom. The van der Waals surface area contributed by atoms with Crippen molar-refractivity contribution in [3.63, 3.8) is 0 Å². The lowest BCUT2D eigenvalue weighted by molar-refractivity contribution is -0.115. The first kappa shape index (κ1) is 21.4. The minimum atomic E-state index is -0.490. The van der Waals surface area contributed by atoms with Crippen molar-refractivity contribution in [3.05, 3.63) is 84.2 Å². The molecule has 0 aliphatic heterocycles. The molecule has 30 heavy (non-hydrogen) atoms. The number of benzene rings is 3. The number of amides is 2. The molecule has 0 bridgehead atoms. The van der Waals surface area contributed by atoms with Gasteiger partial charge in [0.15, 0.2) is 0 Å². The molecule has 0 saturated heterocycles. The number of rotatable bonds is 7. The Morgan fingerprint density at radius 2 is 1.60 bits per heavy atom. The van der Waals surface area contributed by atoms with E-state index in [1.165, 1.54) is 13.2 Å². The van der Waals surface area contributed by atoms with Crippen LogP contribution in [0.4, 0.5) is 15.8 Å². The van der Waals surface area contributed by atoms with E-state index in [2.05, 4.69) is 10.6 Å². The fraction of sp³-hybridized carbons (Fsp3) is 0.130. The van der Waals surface area contributed by atoms with Crippen LogP contribution >= 0.6 is 11.8 Å². The third kappa shape index (κ3) is 5.39. The third-order valence-corrected chi connectivity index (χ3v) is 5.43. The van der Waals surface area contributed by atoms with Crippen molar-refractivity contribution in [2.75, 3.05) is 17.7 Å². The van der Waals surface area contributed by atoms with E-state index in [4.69, 9.17) is 4.74 Å². The van der Waals surface area contributed by atoms with E-state index in [-0.39, 0.29) is 17.6 Å². The maximum atomic E-state index is 13.8. The van der Waals surface area contributed by atoms with Crippen molar-refractivity contribution in [1.82, 2.24) is 0 Å². The van der Waals surface area contributed by atoms with E-state index in [9.17, 15) is 14.0 Å². The van der Waals surface area contributed by atoms with Crippen LogP contribution in [0.2, 0.25) is 0 Å². The molecule has 1 atom stereocenters. The number of halogens is 1. The second kappa shape index (κ2) is 9.93. The van der Waals surface area contributed by atoms with Crippen molar-refractivity contribution in [3.8, 4) is 5.75 Å². The summed E-state index contributed by atoms with van der Waals surface area (Å²) in [5.41, 5.74) is 1.56. The summed E-state index contributed by atoms with van der Waals surface area (Å²) in [6, 6.07) is 20.0. The number of para-hydroxylation sites is 2. The molecular formula is C23H21FN2O3S. The van der Waals surface area contributed by atoms with Crippen LogP contribution in [0, 0.1) is 5.82 Å². The molecule has 0 aromatic heterocycles. The highest BCUT2D eigenvalue weighted by Gasteiger charge is 2.17. The number of carbonyl (C=O) groups is 2. The second-order valence-corrected chi connectivity index (χ2v) is 7.79. The van der Waals surface area contributed by atoms with E-state index < -0.39 is 5.25 Å². The van der Waals surface area contributed by atoms with Crippen LogP contribution in [-0.2, 0) is 4.79 Å². The van der Waals surface area contributed by atoms with Gasteiger partial charge in [0.05, 0.1) is 18.0 Å². The first-order valence-electron chi connectivity index (χ1n) is 9.24. The molecule has 2 amide bonds. The molecule has 0 aliphatic carbocycles. The van der Waals surface area contributed by atoms with Crippen LogP contribution in [0.3, 0.4) is 0 Å². The summed E-state index contributed by atoms with van der Waals surface area (Å²) in [5.74, 6) is -0.334. The summed E-state index contributed by atoms with van der Waals surface area (Å²) >= 11 is 1.15. The molecule has 3 aromatic rings. The molecule has 1 unspecified atom stereocenters. The van der Waals surface area contributed by atoms with Crippen LogP contribution in [0.5, 0.6) is 5.75 Å². The average Bonchev–Trinajstić information content (AvgIpc) is 2.76. The van der Waals surface area contributed by atoms with Crippen molar-refractivity contribution in [1.29, 1.82) is 0 Å². The van der Waals surface area contributed by atoms with Gasteiger partial charge in [-0.3, -0.25) is 9.59 Å². The topological polar surface area (TPSA) is 67.4 Å². The molecule has 154 valence electrons. The molecule has 7 heteroatoms. The standard InChI is InChI=1S/C23H21FN2O3S/c1-15(30-21-10-6-3-7-18(21)24)22(27)25-17-13-11-16(12-14-17)23(28)26-19-8-4-5-9-20(19)29-2/h3-15H,1-2H3,(H,25,27)(H,26,28). The number of carbonyl (C=O) groups excluding carboxylic acids is 2. The minimum absolute atomic E-state index is 0.255. The summed E-state index contributed by atoms with van der Waals surface area (Å²) in [6.45, 7) is 1.71. The van der Waals surface area contributed by atoms with Gasteiger partial charge in [0.2, 0.25) is 5.91 Å². The highest BCUT2D eigenvalue weighted by molar-refractivity contribution is 8.00. The Morgan fingerprint density at radius 3 is 2.30 bits per heavy atom. The number of methoxy groups -OCH3 is 1. The minimum Gasteiger partial charge on any atom is -0.495 e. The summed E-state index contributed by atoms with van der Waals surface area (Å²) in [4.78, 5) is 25.3. The average molecular weight is 424 g/mol. The van der Waals surface area contributed by atoms with Crippen molar-refractivity contribution < 1.29 is 18.7 Å². The molecular weight excluding hydrogens is 403 g/mol. The zero-order chi connectivity index (χ0) is 21.5. The molecule has 3 aromatic carbocycles. The van der Waals surface area contributed by atoms with Gasteiger partial charge in [0, 0.05) is 16.1 Å². The lowest BCUT2D eigenvalue weighted by Crippen LogP contribution is -2.22. The molecule has 0 spiro atoms. The molecule has 0 radical (unpaired) electrons. The Kier molecular flexibility index (Phi) is 7.08. The fourth-order valence-electron chi connectivity index (χ4n) is 2.68. The van der Waals surface area contributed by atoms with Crippen LogP contribution < -0.4 is 15.4 Å². The number of anilines is 2. The largest absolute Gasteiger partial charge is 0.495 e. The molecule has 0 aliphatic rings. The van der Waals surface area contributed by atoms with E-state index in [1.54, 1.807) is 67.6 Å². The van der Waals surface area contributed by atoms with Gasteiger partial charge in [-0.05, 0) is 55.5 Å². The monoisotopic (exact) mass is 424 g/mol.